The molecular formula is C15H16F2N4O. The molecule has 5 N–H and O–H groups in total. The zero-order valence-corrected chi connectivity index (χ0v) is 11.6. The molecular weight excluding hydrogens is 290 g/mol. The van der Waals surface area contributed by atoms with E-state index >= 15 is 0 Å². The molecule has 5 nitrogen and oxygen atoms in total. The summed E-state index contributed by atoms with van der Waals surface area (Å²) >= 11 is 0. The topological polar surface area (TPSA) is 71.3 Å². The molecule has 0 aliphatic heterocycles. The van der Waals surface area contributed by atoms with Crippen LogP contribution in [0.15, 0.2) is 54.7 Å². The Labute approximate surface area is 126 Å². The van der Waals surface area contributed by atoms with Gasteiger partial charge in [-0.2, -0.15) is 8.78 Å². The van der Waals surface area contributed by atoms with Crippen molar-refractivity contribution in [1.29, 1.82) is 0 Å². The number of nitrogens with two attached hydrogens (primary N) is 1. The van der Waals surface area contributed by atoms with Gasteiger partial charge in [-0.3, -0.25) is 11.3 Å². The lowest BCUT2D eigenvalue weighted by Crippen LogP contribution is -2.17. The van der Waals surface area contributed by atoms with Gasteiger partial charge in [-0.1, -0.05) is 30.3 Å². The summed E-state index contributed by atoms with van der Waals surface area (Å²) in [6, 6.07) is 13.8. The average molecular weight is 306 g/mol. The Bertz CT molecular complexity index is 634. The summed E-state index contributed by atoms with van der Waals surface area (Å²) in [5.41, 5.74) is 10.3. The second-order valence-corrected chi connectivity index (χ2v) is 4.21. The predicted octanol–water partition coefficient (Wildman–Crippen LogP) is 3.16. The molecule has 0 heterocycles. The van der Waals surface area contributed by atoms with Gasteiger partial charge in [-0.15, -0.1) is 0 Å². The molecule has 0 aliphatic carbocycles. The average Bonchev–Trinajstić information content (AvgIpc) is 2.53. The Kier molecular flexibility index (Phi) is 5.56. The van der Waals surface area contributed by atoms with Gasteiger partial charge in [0.15, 0.2) is 0 Å². The molecule has 2 aromatic carbocycles. The molecule has 0 amide bonds. The Morgan fingerprint density at radius 3 is 2.41 bits per heavy atom. The fourth-order valence-corrected chi connectivity index (χ4v) is 1.79. The summed E-state index contributed by atoms with van der Waals surface area (Å²) < 4.78 is 29.0. The van der Waals surface area contributed by atoms with E-state index in [2.05, 4.69) is 21.0 Å². The van der Waals surface area contributed by atoms with Gasteiger partial charge in [0, 0.05) is 11.8 Å². The van der Waals surface area contributed by atoms with E-state index in [0.717, 1.165) is 5.69 Å². The van der Waals surface area contributed by atoms with Crippen LogP contribution in [0.25, 0.3) is 6.08 Å². The largest absolute Gasteiger partial charge is 0.434 e. The van der Waals surface area contributed by atoms with E-state index in [1.807, 2.05) is 18.2 Å². The second-order valence-electron chi connectivity index (χ2n) is 4.21. The lowest BCUT2D eigenvalue weighted by molar-refractivity contribution is -0.0499. The number of benzene rings is 2. The van der Waals surface area contributed by atoms with Crippen molar-refractivity contribution < 1.29 is 13.5 Å². The van der Waals surface area contributed by atoms with Gasteiger partial charge in [-0.25, -0.2) is 0 Å². The predicted molar refractivity (Wildman–Crippen MR) is 83.1 cm³/mol. The number of hydrogen-bond donors (Lipinski definition) is 4. The third kappa shape index (κ3) is 4.35. The molecule has 2 rings (SSSR count). The van der Waals surface area contributed by atoms with Crippen LogP contribution in [0.2, 0.25) is 0 Å². The van der Waals surface area contributed by atoms with Gasteiger partial charge in [0.05, 0.1) is 11.4 Å². The third-order valence-corrected chi connectivity index (χ3v) is 2.77. The number of anilines is 2. The number of para-hydroxylation sites is 3. The molecule has 116 valence electrons. The fraction of sp³-hybridized carbons (Fsp3) is 0.0667. The number of alkyl halides is 2. The molecule has 0 saturated heterocycles. The van der Waals surface area contributed by atoms with Crippen LogP contribution in [0.3, 0.4) is 0 Å². The molecule has 0 fully saturated rings. The Balaban J connectivity index is 1.98. The van der Waals surface area contributed by atoms with Crippen molar-refractivity contribution in [3.05, 3.63) is 60.3 Å². The Morgan fingerprint density at radius 1 is 1.00 bits per heavy atom. The SMILES string of the molecule is NNc1ccccc1NN/C=C/c1ccccc1OC(F)F. The number of hydrazine groups is 2. The van der Waals surface area contributed by atoms with Crippen LogP contribution in [-0.2, 0) is 0 Å². The monoisotopic (exact) mass is 306 g/mol. The molecule has 0 spiro atoms. The van der Waals surface area contributed by atoms with Crippen molar-refractivity contribution in [3.63, 3.8) is 0 Å². The van der Waals surface area contributed by atoms with E-state index in [9.17, 15) is 8.78 Å². The number of hydrogen-bond acceptors (Lipinski definition) is 5. The second kappa shape index (κ2) is 7.84. The lowest BCUT2D eigenvalue weighted by atomic mass is 10.2. The highest BCUT2D eigenvalue weighted by atomic mass is 19.3. The molecule has 0 radical (unpaired) electrons. The smallest absolute Gasteiger partial charge is 0.387 e. The summed E-state index contributed by atoms with van der Waals surface area (Å²) in [4.78, 5) is 0. The summed E-state index contributed by atoms with van der Waals surface area (Å²) in [6.45, 7) is -2.86. The maximum atomic E-state index is 12.3. The molecule has 0 atom stereocenters. The highest BCUT2D eigenvalue weighted by Crippen LogP contribution is 2.21. The third-order valence-electron chi connectivity index (χ3n) is 2.77. The van der Waals surface area contributed by atoms with Gasteiger partial charge >= 0.3 is 6.61 Å². The molecule has 0 aliphatic rings. The Morgan fingerprint density at radius 2 is 1.68 bits per heavy atom. The molecule has 0 saturated carbocycles. The van der Waals surface area contributed by atoms with Crippen LogP contribution in [-0.4, -0.2) is 6.61 Å². The van der Waals surface area contributed by atoms with Gasteiger partial charge < -0.3 is 15.6 Å². The minimum absolute atomic E-state index is 0.111. The number of nitrogen functional groups attached to an aromatic ring is 1. The number of halogens is 2. The molecule has 22 heavy (non-hydrogen) atoms. The fourth-order valence-electron chi connectivity index (χ4n) is 1.79. The maximum Gasteiger partial charge on any atom is 0.387 e. The minimum Gasteiger partial charge on any atom is -0.434 e. The van der Waals surface area contributed by atoms with Gasteiger partial charge in [0.25, 0.3) is 0 Å². The van der Waals surface area contributed by atoms with Crippen LogP contribution in [0.1, 0.15) is 5.56 Å². The van der Waals surface area contributed by atoms with E-state index in [4.69, 9.17) is 5.84 Å². The van der Waals surface area contributed by atoms with Gasteiger partial charge in [0.1, 0.15) is 5.75 Å². The van der Waals surface area contributed by atoms with E-state index in [-0.39, 0.29) is 5.75 Å². The summed E-state index contributed by atoms with van der Waals surface area (Å²) in [5.74, 6) is 5.50. The lowest BCUT2D eigenvalue weighted by Gasteiger charge is -2.11. The van der Waals surface area contributed by atoms with E-state index in [1.165, 1.54) is 6.07 Å². The van der Waals surface area contributed by atoms with Crippen LogP contribution in [0.4, 0.5) is 20.2 Å². The van der Waals surface area contributed by atoms with Crippen molar-refractivity contribution in [2.24, 2.45) is 5.84 Å². The zero-order valence-electron chi connectivity index (χ0n) is 11.6. The number of ether oxygens (including phenoxy) is 1. The van der Waals surface area contributed by atoms with Gasteiger partial charge in [-0.05, 0) is 24.3 Å². The first-order chi connectivity index (χ1) is 10.7. The molecule has 0 aromatic heterocycles. The molecule has 2 aromatic rings. The summed E-state index contributed by atoms with van der Waals surface area (Å²) in [7, 11) is 0. The first-order valence-corrected chi connectivity index (χ1v) is 6.48. The van der Waals surface area contributed by atoms with E-state index in [1.54, 1.807) is 36.5 Å². The summed E-state index contributed by atoms with van der Waals surface area (Å²) in [5, 5.41) is 0. The standard InChI is InChI=1S/C15H16F2N4O/c16-15(17)22-14-8-4-1-5-11(14)9-10-19-21-13-7-3-2-6-12(13)20-18/h1-10,15,19-21H,18H2/b10-9+. The number of rotatable bonds is 7. The molecule has 0 bridgehead atoms. The highest BCUT2D eigenvalue weighted by molar-refractivity contribution is 5.67. The summed E-state index contributed by atoms with van der Waals surface area (Å²) in [6.07, 6.45) is 3.18. The van der Waals surface area contributed by atoms with Crippen molar-refractivity contribution in [3.8, 4) is 5.75 Å². The maximum absolute atomic E-state index is 12.3. The van der Waals surface area contributed by atoms with Crippen molar-refractivity contribution in [1.82, 2.24) is 5.43 Å². The number of nitrogens with one attached hydrogen (secondary N) is 3. The van der Waals surface area contributed by atoms with Crippen molar-refractivity contribution in [2.45, 2.75) is 6.61 Å². The highest BCUT2D eigenvalue weighted by Gasteiger charge is 2.06. The molecule has 7 heteroatoms. The first kappa shape index (κ1) is 15.6. The van der Waals surface area contributed by atoms with E-state index < -0.39 is 6.61 Å². The zero-order chi connectivity index (χ0) is 15.8. The first-order valence-electron chi connectivity index (χ1n) is 6.48. The van der Waals surface area contributed by atoms with Crippen LogP contribution < -0.4 is 26.9 Å². The van der Waals surface area contributed by atoms with Crippen LogP contribution in [0.5, 0.6) is 5.75 Å². The Hall–Kier alpha value is -2.80. The van der Waals surface area contributed by atoms with Crippen molar-refractivity contribution in [2.75, 3.05) is 10.9 Å². The van der Waals surface area contributed by atoms with E-state index in [0.29, 0.717) is 11.3 Å². The molecule has 0 unspecified atom stereocenters. The normalized spacial score (nSPS) is 10.7. The minimum atomic E-state index is -2.86. The van der Waals surface area contributed by atoms with Crippen LogP contribution in [0, 0.1) is 0 Å². The van der Waals surface area contributed by atoms with Crippen molar-refractivity contribution >= 4 is 17.5 Å². The van der Waals surface area contributed by atoms with Crippen LogP contribution >= 0.6 is 0 Å². The van der Waals surface area contributed by atoms with Gasteiger partial charge in [0.2, 0.25) is 0 Å². The quantitative estimate of drug-likeness (QED) is 0.467.